The molecule has 11 heteroatoms. The number of carboxylic acids is 1. The summed E-state index contributed by atoms with van der Waals surface area (Å²) >= 11 is 0. The maximum atomic E-state index is 12.7. The first-order valence-corrected chi connectivity index (χ1v) is 8.51. The van der Waals surface area contributed by atoms with Crippen molar-refractivity contribution in [1.82, 2.24) is 29.1 Å². The van der Waals surface area contributed by atoms with Crippen molar-refractivity contribution in [2.24, 2.45) is 0 Å². The van der Waals surface area contributed by atoms with Crippen LogP contribution in [-0.2, 0) is 21.4 Å². The topological polar surface area (TPSA) is 123 Å². The number of aromatic nitrogens is 5. The molecule has 1 aliphatic rings. The molecule has 2 aromatic rings. The second-order valence-corrected chi connectivity index (χ2v) is 7.25. The molecule has 3 rings (SSSR count). The number of piperidine rings is 1. The Hall–Kier alpha value is -2.27. The van der Waals surface area contributed by atoms with Gasteiger partial charge in [-0.2, -0.15) is 9.40 Å². The lowest BCUT2D eigenvalue weighted by molar-refractivity contribution is -0.137. The first-order chi connectivity index (χ1) is 11.0. The third-order valence-corrected chi connectivity index (χ3v) is 5.54. The third-order valence-electron chi connectivity index (χ3n) is 3.72. The molecule has 1 N–H and O–H groups in total. The number of hydrogen-bond acceptors (Lipinski definition) is 6. The maximum Gasteiger partial charge on any atom is 0.325 e. The average molecular weight is 340 g/mol. The summed E-state index contributed by atoms with van der Waals surface area (Å²) in [5, 5.41) is 20.2. The molecule has 0 amide bonds. The largest absolute Gasteiger partial charge is 0.480 e. The number of carbonyl (C=O) groups is 1. The van der Waals surface area contributed by atoms with Crippen molar-refractivity contribution >= 4 is 16.0 Å². The van der Waals surface area contributed by atoms with E-state index in [0.717, 1.165) is 11.1 Å². The van der Waals surface area contributed by atoms with Gasteiger partial charge in [0.15, 0.2) is 0 Å². The second kappa shape index (κ2) is 6.08. The van der Waals surface area contributed by atoms with E-state index in [1.807, 2.05) is 0 Å². The molecule has 1 saturated heterocycles. The van der Waals surface area contributed by atoms with Crippen LogP contribution in [0.3, 0.4) is 0 Å². The van der Waals surface area contributed by atoms with Crippen molar-refractivity contribution in [1.29, 1.82) is 0 Å². The third kappa shape index (κ3) is 3.24. The zero-order valence-electron chi connectivity index (χ0n) is 12.2. The zero-order chi connectivity index (χ0) is 16.4. The molecule has 1 unspecified atom stereocenters. The molecule has 23 heavy (non-hydrogen) atoms. The second-order valence-electron chi connectivity index (χ2n) is 5.31. The molecule has 0 bridgehead atoms. The predicted molar refractivity (Wildman–Crippen MR) is 76.9 cm³/mol. The molecule has 10 nitrogen and oxygen atoms in total. The van der Waals surface area contributed by atoms with E-state index in [0.29, 0.717) is 19.5 Å². The lowest BCUT2D eigenvalue weighted by atomic mass is 10.1. The predicted octanol–water partition coefficient (Wildman–Crippen LogP) is -0.415. The van der Waals surface area contributed by atoms with Gasteiger partial charge in [0.1, 0.15) is 11.4 Å². The van der Waals surface area contributed by atoms with E-state index < -0.39 is 16.0 Å². The van der Waals surface area contributed by atoms with E-state index in [-0.39, 0.29) is 17.5 Å². The number of sulfonamides is 1. The van der Waals surface area contributed by atoms with E-state index in [2.05, 4.69) is 15.4 Å². The summed E-state index contributed by atoms with van der Waals surface area (Å²) in [5.74, 6) is -1.08. The number of rotatable bonds is 5. The highest BCUT2D eigenvalue weighted by atomic mass is 32.2. The number of carboxylic acid groups (broad SMARTS) is 1. The molecule has 0 spiro atoms. The van der Waals surface area contributed by atoms with Gasteiger partial charge >= 0.3 is 5.97 Å². The Morgan fingerprint density at radius 2 is 2.26 bits per heavy atom. The molecule has 2 aromatic heterocycles. The standard InChI is InChI=1S/C12H16N6O4S/c19-12(20)9-16-8-11(6-14-16)23(21,22)17-4-1-2-10(7-17)18-5-3-13-15-18/h3,5-6,8,10H,1-2,4,7,9H2,(H,19,20). The van der Waals surface area contributed by atoms with Crippen LogP contribution in [0.4, 0.5) is 0 Å². The first-order valence-electron chi connectivity index (χ1n) is 7.07. The van der Waals surface area contributed by atoms with Crippen LogP contribution in [0.15, 0.2) is 29.7 Å². The van der Waals surface area contributed by atoms with E-state index in [1.54, 1.807) is 17.1 Å². The van der Waals surface area contributed by atoms with Gasteiger partial charge in [-0.15, -0.1) is 5.10 Å². The number of hydrogen-bond donors (Lipinski definition) is 1. The van der Waals surface area contributed by atoms with Gasteiger partial charge in [0.2, 0.25) is 10.0 Å². The Balaban J connectivity index is 1.78. The monoisotopic (exact) mass is 340 g/mol. The fourth-order valence-electron chi connectivity index (χ4n) is 2.62. The van der Waals surface area contributed by atoms with Gasteiger partial charge in [-0.3, -0.25) is 9.48 Å². The fourth-order valence-corrected chi connectivity index (χ4v) is 4.09. The van der Waals surface area contributed by atoms with E-state index in [4.69, 9.17) is 5.11 Å². The van der Waals surface area contributed by atoms with Crippen LogP contribution in [-0.4, -0.2) is 61.7 Å². The number of aliphatic carboxylic acids is 1. The smallest absolute Gasteiger partial charge is 0.325 e. The van der Waals surface area contributed by atoms with E-state index >= 15 is 0 Å². The Morgan fingerprint density at radius 1 is 1.43 bits per heavy atom. The molecule has 124 valence electrons. The molecule has 3 heterocycles. The summed E-state index contributed by atoms with van der Waals surface area (Å²) in [6.07, 6.45) is 7.23. The Kier molecular flexibility index (Phi) is 4.13. The molecule has 0 radical (unpaired) electrons. The molecule has 0 saturated carbocycles. The van der Waals surface area contributed by atoms with E-state index in [9.17, 15) is 13.2 Å². The van der Waals surface area contributed by atoms with Gasteiger partial charge in [-0.25, -0.2) is 13.1 Å². The van der Waals surface area contributed by atoms with Crippen molar-refractivity contribution in [3.63, 3.8) is 0 Å². The Bertz CT molecular complexity index is 784. The van der Waals surface area contributed by atoms with Crippen LogP contribution >= 0.6 is 0 Å². The minimum atomic E-state index is -3.71. The van der Waals surface area contributed by atoms with Crippen LogP contribution < -0.4 is 0 Å². The Labute approximate surface area is 132 Å². The van der Waals surface area contributed by atoms with Gasteiger partial charge in [0, 0.05) is 25.5 Å². The highest BCUT2D eigenvalue weighted by Crippen LogP contribution is 2.25. The van der Waals surface area contributed by atoms with Crippen LogP contribution in [0.25, 0.3) is 0 Å². The van der Waals surface area contributed by atoms with E-state index in [1.165, 1.54) is 16.7 Å². The lowest BCUT2D eigenvalue weighted by Crippen LogP contribution is -2.40. The molecule has 0 aliphatic carbocycles. The quantitative estimate of drug-likeness (QED) is 0.784. The molecular formula is C12H16N6O4S. The summed E-state index contributed by atoms with van der Waals surface area (Å²) in [6.45, 7) is 0.338. The van der Waals surface area contributed by atoms with Crippen LogP contribution in [0.2, 0.25) is 0 Å². The maximum absolute atomic E-state index is 12.7. The van der Waals surface area contributed by atoms with Crippen LogP contribution in [0, 0.1) is 0 Å². The van der Waals surface area contributed by atoms with Gasteiger partial charge < -0.3 is 5.11 Å². The molecule has 1 aliphatic heterocycles. The molecule has 0 aromatic carbocycles. The van der Waals surface area contributed by atoms with Crippen molar-refractivity contribution in [2.45, 2.75) is 30.3 Å². The summed E-state index contributed by atoms with van der Waals surface area (Å²) in [7, 11) is -3.71. The molecular weight excluding hydrogens is 324 g/mol. The van der Waals surface area contributed by atoms with Gasteiger partial charge in [-0.05, 0) is 12.8 Å². The Morgan fingerprint density at radius 3 is 2.96 bits per heavy atom. The van der Waals surface area contributed by atoms with Gasteiger partial charge in [0.25, 0.3) is 0 Å². The highest BCUT2D eigenvalue weighted by Gasteiger charge is 2.32. The zero-order valence-corrected chi connectivity index (χ0v) is 13.0. The normalized spacial score (nSPS) is 19.7. The van der Waals surface area contributed by atoms with Crippen molar-refractivity contribution in [2.75, 3.05) is 13.1 Å². The SMILES string of the molecule is O=C(O)Cn1cc(S(=O)(=O)N2CCCC(n3ccnn3)C2)cn1. The lowest BCUT2D eigenvalue weighted by Gasteiger charge is -2.31. The molecule has 1 atom stereocenters. The summed E-state index contributed by atoms with van der Waals surface area (Å²) in [5.41, 5.74) is 0. The molecule has 1 fully saturated rings. The minimum absolute atomic E-state index is 0.00186. The minimum Gasteiger partial charge on any atom is -0.480 e. The van der Waals surface area contributed by atoms with Crippen molar-refractivity contribution in [3.05, 3.63) is 24.8 Å². The van der Waals surface area contributed by atoms with Crippen molar-refractivity contribution in [3.8, 4) is 0 Å². The summed E-state index contributed by atoms with van der Waals surface area (Å²) in [4.78, 5) is 10.7. The van der Waals surface area contributed by atoms with Gasteiger partial charge in [-0.1, -0.05) is 5.21 Å². The van der Waals surface area contributed by atoms with Crippen LogP contribution in [0.1, 0.15) is 18.9 Å². The van der Waals surface area contributed by atoms with Crippen LogP contribution in [0.5, 0.6) is 0 Å². The van der Waals surface area contributed by atoms with Crippen molar-refractivity contribution < 1.29 is 18.3 Å². The first kappa shape index (κ1) is 15.6. The average Bonchev–Trinajstić information content (AvgIpc) is 3.18. The number of nitrogens with zero attached hydrogens (tertiary/aromatic N) is 6. The van der Waals surface area contributed by atoms with Gasteiger partial charge in [0.05, 0.1) is 18.4 Å². The fraction of sp³-hybridized carbons (Fsp3) is 0.500. The summed E-state index contributed by atoms with van der Waals surface area (Å²) in [6, 6.07) is -0.0601. The summed E-state index contributed by atoms with van der Waals surface area (Å²) < 4.78 is 29.5. The highest BCUT2D eigenvalue weighted by molar-refractivity contribution is 7.89.